The standard InChI is InChI=1S/C15H22N2O2/c1-10-7-11-14(17-5-3-4-6-17)12(16)9-19-15(11)13(8-10)18-2/h7-8,12,14H,3-6,9,16H2,1-2H3. The Kier molecular flexibility index (Phi) is 3.37. The molecule has 1 saturated heterocycles. The average Bonchev–Trinajstić information content (AvgIpc) is 2.91. The Morgan fingerprint density at radius 1 is 1.32 bits per heavy atom. The summed E-state index contributed by atoms with van der Waals surface area (Å²) in [6.07, 6.45) is 2.53. The Labute approximate surface area is 114 Å². The van der Waals surface area contributed by atoms with E-state index in [-0.39, 0.29) is 12.1 Å². The molecule has 2 aliphatic rings. The van der Waals surface area contributed by atoms with Gasteiger partial charge in [0.25, 0.3) is 0 Å². The van der Waals surface area contributed by atoms with Crippen molar-refractivity contribution in [2.24, 2.45) is 5.73 Å². The number of hydrogen-bond donors (Lipinski definition) is 1. The van der Waals surface area contributed by atoms with Gasteiger partial charge in [-0.15, -0.1) is 0 Å². The first-order valence-electron chi connectivity index (χ1n) is 7.01. The second-order valence-corrected chi connectivity index (χ2v) is 5.55. The predicted octanol–water partition coefficient (Wildman–Crippen LogP) is 1.86. The van der Waals surface area contributed by atoms with Crippen LogP contribution < -0.4 is 15.2 Å². The summed E-state index contributed by atoms with van der Waals surface area (Å²) < 4.78 is 11.3. The van der Waals surface area contributed by atoms with Gasteiger partial charge in [-0.05, 0) is 44.5 Å². The molecule has 104 valence electrons. The normalized spacial score (nSPS) is 26.9. The molecule has 2 N–H and O–H groups in total. The highest BCUT2D eigenvalue weighted by Gasteiger charge is 2.35. The van der Waals surface area contributed by atoms with E-state index in [2.05, 4.69) is 17.9 Å². The van der Waals surface area contributed by atoms with E-state index in [1.165, 1.54) is 24.0 Å². The first-order valence-corrected chi connectivity index (χ1v) is 7.01. The lowest BCUT2D eigenvalue weighted by Crippen LogP contribution is -2.46. The molecule has 2 heterocycles. The number of nitrogens with two attached hydrogens (primary N) is 1. The summed E-state index contributed by atoms with van der Waals surface area (Å²) in [7, 11) is 1.69. The highest BCUT2D eigenvalue weighted by molar-refractivity contribution is 5.52. The zero-order valence-corrected chi connectivity index (χ0v) is 11.7. The Morgan fingerprint density at radius 2 is 2.05 bits per heavy atom. The maximum Gasteiger partial charge on any atom is 0.166 e. The zero-order chi connectivity index (χ0) is 13.4. The van der Waals surface area contributed by atoms with Crippen molar-refractivity contribution in [3.05, 3.63) is 23.3 Å². The summed E-state index contributed by atoms with van der Waals surface area (Å²) in [5.74, 6) is 1.71. The van der Waals surface area contributed by atoms with Crippen LogP contribution in [0.4, 0.5) is 0 Å². The molecule has 0 aromatic heterocycles. The third-order valence-electron chi connectivity index (χ3n) is 4.13. The summed E-state index contributed by atoms with van der Waals surface area (Å²) >= 11 is 0. The van der Waals surface area contributed by atoms with Crippen molar-refractivity contribution in [2.75, 3.05) is 26.8 Å². The topological polar surface area (TPSA) is 47.7 Å². The molecule has 0 saturated carbocycles. The van der Waals surface area contributed by atoms with Crippen LogP contribution in [0.3, 0.4) is 0 Å². The van der Waals surface area contributed by atoms with Gasteiger partial charge in [0.05, 0.1) is 19.2 Å². The van der Waals surface area contributed by atoms with Gasteiger partial charge in [-0.25, -0.2) is 0 Å². The van der Waals surface area contributed by atoms with Crippen LogP contribution in [0.1, 0.15) is 30.0 Å². The number of benzene rings is 1. The van der Waals surface area contributed by atoms with Gasteiger partial charge in [0.2, 0.25) is 0 Å². The van der Waals surface area contributed by atoms with Crippen LogP contribution in [-0.2, 0) is 0 Å². The number of methoxy groups -OCH3 is 1. The van der Waals surface area contributed by atoms with Gasteiger partial charge >= 0.3 is 0 Å². The van der Waals surface area contributed by atoms with Crippen molar-refractivity contribution >= 4 is 0 Å². The van der Waals surface area contributed by atoms with E-state index >= 15 is 0 Å². The molecule has 2 unspecified atom stereocenters. The Morgan fingerprint density at radius 3 is 2.74 bits per heavy atom. The largest absolute Gasteiger partial charge is 0.493 e. The second kappa shape index (κ2) is 5.02. The van der Waals surface area contributed by atoms with Crippen LogP contribution in [0.15, 0.2) is 12.1 Å². The number of likely N-dealkylation sites (tertiary alicyclic amines) is 1. The van der Waals surface area contributed by atoms with Gasteiger partial charge in [0.15, 0.2) is 11.5 Å². The number of hydrogen-bond acceptors (Lipinski definition) is 4. The van der Waals surface area contributed by atoms with Crippen molar-refractivity contribution in [3.8, 4) is 11.5 Å². The van der Waals surface area contributed by atoms with Crippen molar-refractivity contribution in [1.82, 2.24) is 4.90 Å². The first kappa shape index (κ1) is 12.8. The average molecular weight is 262 g/mol. The lowest BCUT2D eigenvalue weighted by Gasteiger charge is -2.38. The highest BCUT2D eigenvalue weighted by Crippen LogP contribution is 2.43. The lowest BCUT2D eigenvalue weighted by atomic mass is 9.93. The summed E-state index contributed by atoms with van der Waals surface area (Å²) in [4.78, 5) is 2.49. The molecule has 1 aromatic rings. The van der Waals surface area contributed by atoms with E-state index in [0.717, 1.165) is 24.6 Å². The van der Waals surface area contributed by atoms with Crippen molar-refractivity contribution < 1.29 is 9.47 Å². The number of nitrogens with zero attached hydrogens (tertiary/aromatic N) is 1. The van der Waals surface area contributed by atoms with Crippen LogP contribution in [-0.4, -0.2) is 37.7 Å². The Hall–Kier alpha value is -1.26. The van der Waals surface area contributed by atoms with Crippen LogP contribution in [0.2, 0.25) is 0 Å². The SMILES string of the molecule is COc1cc(C)cc2c1OCC(N)C2N1CCCC1. The number of rotatable bonds is 2. The van der Waals surface area contributed by atoms with E-state index in [9.17, 15) is 0 Å². The van der Waals surface area contributed by atoms with Crippen molar-refractivity contribution in [3.63, 3.8) is 0 Å². The molecule has 4 heteroatoms. The molecule has 0 amide bonds. The summed E-state index contributed by atoms with van der Waals surface area (Å²) in [6.45, 7) is 4.92. The van der Waals surface area contributed by atoms with Gasteiger partial charge in [-0.3, -0.25) is 4.90 Å². The molecule has 0 spiro atoms. The maximum atomic E-state index is 6.31. The monoisotopic (exact) mass is 262 g/mol. The summed E-state index contributed by atoms with van der Waals surface area (Å²) in [5, 5.41) is 0. The Balaban J connectivity index is 2.05. The van der Waals surface area contributed by atoms with E-state index < -0.39 is 0 Å². The van der Waals surface area contributed by atoms with Crippen molar-refractivity contribution in [1.29, 1.82) is 0 Å². The van der Waals surface area contributed by atoms with E-state index in [0.29, 0.717) is 6.61 Å². The minimum Gasteiger partial charge on any atom is -0.493 e. The number of ether oxygens (including phenoxy) is 2. The molecule has 19 heavy (non-hydrogen) atoms. The second-order valence-electron chi connectivity index (χ2n) is 5.55. The van der Waals surface area contributed by atoms with Crippen LogP contribution in [0, 0.1) is 6.92 Å². The quantitative estimate of drug-likeness (QED) is 0.884. The molecule has 0 bridgehead atoms. The summed E-state index contributed by atoms with van der Waals surface area (Å²) in [5.41, 5.74) is 8.69. The molecular weight excluding hydrogens is 240 g/mol. The zero-order valence-electron chi connectivity index (χ0n) is 11.7. The molecule has 3 rings (SSSR count). The van der Waals surface area contributed by atoms with E-state index in [1.54, 1.807) is 7.11 Å². The molecule has 0 radical (unpaired) electrons. The van der Waals surface area contributed by atoms with Crippen molar-refractivity contribution in [2.45, 2.75) is 31.8 Å². The molecular formula is C15H22N2O2. The van der Waals surface area contributed by atoms with Gasteiger partial charge in [-0.1, -0.05) is 6.07 Å². The smallest absolute Gasteiger partial charge is 0.166 e. The van der Waals surface area contributed by atoms with Gasteiger partial charge in [0.1, 0.15) is 6.61 Å². The minimum absolute atomic E-state index is 0.0390. The molecule has 1 fully saturated rings. The number of aryl methyl sites for hydroxylation is 1. The molecule has 2 aliphatic heterocycles. The van der Waals surface area contributed by atoms with Gasteiger partial charge < -0.3 is 15.2 Å². The fourth-order valence-electron chi connectivity index (χ4n) is 3.28. The maximum absolute atomic E-state index is 6.31. The fourth-order valence-corrected chi connectivity index (χ4v) is 3.28. The third kappa shape index (κ3) is 2.19. The molecule has 2 atom stereocenters. The summed E-state index contributed by atoms with van der Waals surface area (Å²) in [6, 6.07) is 4.52. The Bertz CT molecular complexity index is 469. The molecule has 0 aliphatic carbocycles. The lowest BCUT2D eigenvalue weighted by molar-refractivity contribution is 0.137. The van der Waals surface area contributed by atoms with E-state index in [1.807, 2.05) is 6.07 Å². The fraction of sp³-hybridized carbons (Fsp3) is 0.600. The first-order chi connectivity index (χ1) is 9.20. The van der Waals surface area contributed by atoms with Gasteiger partial charge in [0, 0.05) is 5.56 Å². The molecule has 4 nitrogen and oxygen atoms in total. The van der Waals surface area contributed by atoms with Gasteiger partial charge in [-0.2, -0.15) is 0 Å². The predicted molar refractivity (Wildman–Crippen MR) is 74.7 cm³/mol. The third-order valence-corrected chi connectivity index (χ3v) is 4.13. The molecule has 1 aromatic carbocycles. The number of fused-ring (bicyclic) bond motifs is 1. The van der Waals surface area contributed by atoms with Crippen LogP contribution in [0.25, 0.3) is 0 Å². The van der Waals surface area contributed by atoms with Crippen LogP contribution >= 0.6 is 0 Å². The van der Waals surface area contributed by atoms with E-state index in [4.69, 9.17) is 15.2 Å². The highest BCUT2D eigenvalue weighted by atomic mass is 16.5. The minimum atomic E-state index is 0.0390. The van der Waals surface area contributed by atoms with Crippen LogP contribution in [0.5, 0.6) is 11.5 Å².